The Morgan fingerprint density at radius 1 is 1.50 bits per heavy atom. The van der Waals surface area contributed by atoms with Crippen LogP contribution in [-0.2, 0) is 6.42 Å². The molecule has 1 heterocycles. The zero-order valence-electron chi connectivity index (χ0n) is 9.91. The van der Waals surface area contributed by atoms with Crippen molar-refractivity contribution in [1.82, 2.24) is 5.43 Å². The van der Waals surface area contributed by atoms with Gasteiger partial charge in [0.2, 0.25) is 0 Å². The van der Waals surface area contributed by atoms with Gasteiger partial charge in [-0.05, 0) is 42.0 Å². The lowest BCUT2D eigenvalue weighted by atomic mass is 10.0. The van der Waals surface area contributed by atoms with E-state index in [0.29, 0.717) is 12.0 Å². The van der Waals surface area contributed by atoms with Gasteiger partial charge in [0.05, 0.1) is 11.1 Å². The summed E-state index contributed by atoms with van der Waals surface area (Å²) in [6.07, 6.45) is 0.471. The molecule has 0 aliphatic carbocycles. The van der Waals surface area contributed by atoms with Crippen LogP contribution < -0.4 is 11.3 Å². The fourth-order valence-electron chi connectivity index (χ4n) is 1.85. The molecule has 0 spiro atoms. The Morgan fingerprint density at radius 3 is 2.89 bits per heavy atom. The highest BCUT2D eigenvalue weighted by atomic mass is 35.5. The van der Waals surface area contributed by atoms with Crippen molar-refractivity contribution in [3.63, 3.8) is 0 Å². The van der Waals surface area contributed by atoms with Crippen LogP contribution in [0.25, 0.3) is 0 Å². The van der Waals surface area contributed by atoms with Gasteiger partial charge < -0.3 is 0 Å². The first kappa shape index (κ1) is 13.5. The van der Waals surface area contributed by atoms with Crippen molar-refractivity contribution in [1.29, 1.82) is 0 Å². The molecule has 3 N–H and O–H groups in total. The molecule has 0 saturated carbocycles. The lowest BCUT2D eigenvalue weighted by Crippen LogP contribution is -2.29. The minimum atomic E-state index is -0.369. The van der Waals surface area contributed by atoms with Gasteiger partial charge in [-0.3, -0.25) is 11.3 Å². The predicted octanol–water partition coefficient (Wildman–Crippen LogP) is 3.60. The van der Waals surface area contributed by atoms with Gasteiger partial charge in [-0.2, -0.15) is 0 Å². The highest BCUT2D eigenvalue weighted by molar-refractivity contribution is 7.10. The number of hydrazine groups is 1. The SMILES string of the molecule is Cc1cc(C(Cc2cccc(Cl)c2F)NN)cs1. The third-order valence-electron chi connectivity index (χ3n) is 2.81. The fraction of sp³-hybridized carbons (Fsp3) is 0.231. The molecule has 0 bridgehead atoms. The Morgan fingerprint density at radius 2 is 2.28 bits per heavy atom. The Labute approximate surface area is 115 Å². The molecule has 0 fully saturated rings. The third kappa shape index (κ3) is 2.90. The number of benzene rings is 1. The third-order valence-corrected chi connectivity index (χ3v) is 3.98. The summed E-state index contributed by atoms with van der Waals surface area (Å²) in [6, 6.07) is 6.96. The fourth-order valence-corrected chi connectivity index (χ4v) is 2.80. The lowest BCUT2D eigenvalue weighted by Gasteiger charge is -2.15. The zero-order chi connectivity index (χ0) is 13.1. The molecule has 1 aromatic carbocycles. The number of hydrogen-bond donors (Lipinski definition) is 2. The highest BCUT2D eigenvalue weighted by Crippen LogP contribution is 2.26. The Kier molecular flexibility index (Phi) is 4.35. The average Bonchev–Trinajstić information content (AvgIpc) is 2.78. The van der Waals surface area contributed by atoms with E-state index in [2.05, 4.69) is 11.5 Å². The van der Waals surface area contributed by atoms with Gasteiger partial charge in [0.15, 0.2) is 0 Å². The number of aryl methyl sites for hydroxylation is 1. The number of halogens is 2. The molecule has 18 heavy (non-hydrogen) atoms. The minimum absolute atomic E-state index is 0.108. The van der Waals surface area contributed by atoms with E-state index in [-0.39, 0.29) is 16.9 Å². The van der Waals surface area contributed by atoms with E-state index in [0.717, 1.165) is 5.56 Å². The first-order valence-electron chi connectivity index (χ1n) is 5.56. The van der Waals surface area contributed by atoms with E-state index in [1.54, 1.807) is 29.5 Å². The van der Waals surface area contributed by atoms with Gasteiger partial charge >= 0.3 is 0 Å². The van der Waals surface area contributed by atoms with Crippen molar-refractivity contribution in [2.24, 2.45) is 5.84 Å². The lowest BCUT2D eigenvalue weighted by molar-refractivity contribution is 0.530. The van der Waals surface area contributed by atoms with E-state index in [9.17, 15) is 4.39 Å². The van der Waals surface area contributed by atoms with Crippen molar-refractivity contribution < 1.29 is 4.39 Å². The van der Waals surface area contributed by atoms with E-state index in [1.165, 1.54) is 4.88 Å². The molecule has 5 heteroatoms. The van der Waals surface area contributed by atoms with Gasteiger partial charge in [-0.15, -0.1) is 11.3 Å². The Hall–Kier alpha value is -0.940. The van der Waals surface area contributed by atoms with Crippen LogP contribution in [0.15, 0.2) is 29.6 Å². The second-order valence-electron chi connectivity index (χ2n) is 4.13. The molecule has 2 nitrogen and oxygen atoms in total. The summed E-state index contributed by atoms with van der Waals surface area (Å²) in [5.74, 6) is 5.18. The van der Waals surface area contributed by atoms with Crippen LogP contribution in [-0.4, -0.2) is 0 Å². The van der Waals surface area contributed by atoms with Gasteiger partial charge in [-0.1, -0.05) is 23.7 Å². The van der Waals surface area contributed by atoms with Crippen LogP contribution in [0.1, 0.15) is 22.0 Å². The van der Waals surface area contributed by atoms with Crippen molar-refractivity contribution in [2.75, 3.05) is 0 Å². The van der Waals surface area contributed by atoms with Crippen molar-refractivity contribution in [3.8, 4) is 0 Å². The maximum Gasteiger partial charge on any atom is 0.145 e. The molecule has 0 aliphatic rings. The molecule has 2 aromatic rings. The standard InChI is InChI=1S/C13H14ClFN2S/c1-8-5-10(7-18-8)12(17-16)6-9-3-2-4-11(14)13(9)15/h2-5,7,12,17H,6,16H2,1H3. The Balaban J connectivity index is 2.23. The summed E-state index contributed by atoms with van der Waals surface area (Å²) in [4.78, 5) is 1.21. The smallest absolute Gasteiger partial charge is 0.145 e. The van der Waals surface area contributed by atoms with Crippen molar-refractivity contribution in [2.45, 2.75) is 19.4 Å². The Bertz CT molecular complexity index is 542. The normalized spacial score (nSPS) is 12.7. The number of nitrogens with two attached hydrogens (primary N) is 1. The van der Waals surface area contributed by atoms with Crippen LogP contribution in [0.2, 0.25) is 5.02 Å². The molecular weight excluding hydrogens is 271 g/mol. The maximum absolute atomic E-state index is 13.8. The van der Waals surface area contributed by atoms with E-state index in [1.807, 2.05) is 12.3 Å². The summed E-state index contributed by atoms with van der Waals surface area (Å²) < 4.78 is 13.8. The molecule has 2 rings (SSSR count). The predicted molar refractivity (Wildman–Crippen MR) is 74.2 cm³/mol. The van der Waals surface area contributed by atoms with Crippen molar-refractivity contribution in [3.05, 3.63) is 56.5 Å². The first-order chi connectivity index (χ1) is 8.61. The number of thiophene rings is 1. The second kappa shape index (κ2) is 5.80. The second-order valence-corrected chi connectivity index (χ2v) is 5.65. The highest BCUT2D eigenvalue weighted by Gasteiger charge is 2.15. The molecule has 1 atom stereocenters. The largest absolute Gasteiger partial charge is 0.271 e. The van der Waals surface area contributed by atoms with Gasteiger partial charge in [0, 0.05) is 4.88 Å². The molecule has 1 unspecified atom stereocenters. The summed E-state index contributed by atoms with van der Waals surface area (Å²) in [7, 11) is 0. The quantitative estimate of drug-likeness (QED) is 0.665. The average molecular weight is 285 g/mol. The van der Waals surface area contributed by atoms with E-state index in [4.69, 9.17) is 17.4 Å². The monoisotopic (exact) mass is 284 g/mol. The van der Waals surface area contributed by atoms with Crippen molar-refractivity contribution >= 4 is 22.9 Å². The molecular formula is C13H14ClFN2S. The summed E-state index contributed by atoms with van der Waals surface area (Å²) in [5.41, 5.74) is 4.36. The summed E-state index contributed by atoms with van der Waals surface area (Å²) in [5, 5.41) is 2.17. The van der Waals surface area contributed by atoms with Crippen LogP contribution >= 0.6 is 22.9 Å². The molecule has 96 valence electrons. The minimum Gasteiger partial charge on any atom is -0.271 e. The molecule has 1 aromatic heterocycles. The zero-order valence-corrected chi connectivity index (χ0v) is 11.5. The van der Waals surface area contributed by atoms with E-state index >= 15 is 0 Å². The molecule has 0 saturated heterocycles. The number of hydrogen-bond acceptors (Lipinski definition) is 3. The van der Waals surface area contributed by atoms with Crippen LogP contribution in [0.3, 0.4) is 0 Å². The van der Waals surface area contributed by atoms with Crippen LogP contribution in [0, 0.1) is 12.7 Å². The van der Waals surface area contributed by atoms with E-state index < -0.39 is 0 Å². The summed E-state index contributed by atoms with van der Waals surface area (Å²) in [6.45, 7) is 2.03. The topological polar surface area (TPSA) is 38.0 Å². The maximum atomic E-state index is 13.8. The summed E-state index contributed by atoms with van der Waals surface area (Å²) >= 11 is 7.42. The van der Waals surface area contributed by atoms with Gasteiger partial charge in [-0.25, -0.2) is 4.39 Å². The van der Waals surface area contributed by atoms with Gasteiger partial charge in [0.25, 0.3) is 0 Å². The van der Waals surface area contributed by atoms with Gasteiger partial charge in [0.1, 0.15) is 5.82 Å². The van der Waals surface area contributed by atoms with Crippen LogP contribution in [0.4, 0.5) is 4.39 Å². The molecule has 0 aliphatic heterocycles. The number of nitrogens with one attached hydrogen (secondary N) is 1. The molecule has 0 amide bonds. The van der Waals surface area contributed by atoms with Crippen LogP contribution in [0.5, 0.6) is 0 Å². The number of rotatable bonds is 4. The molecule has 0 radical (unpaired) electrons. The first-order valence-corrected chi connectivity index (χ1v) is 6.81.